The summed E-state index contributed by atoms with van der Waals surface area (Å²) in [6.45, 7) is -1.99. The number of nitrogen functional groups attached to an aromatic ring is 2. The van der Waals surface area contributed by atoms with Crippen molar-refractivity contribution in [3.63, 3.8) is 0 Å². The van der Waals surface area contributed by atoms with Crippen molar-refractivity contribution in [3.8, 4) is 0 Å². The second kappa shape index (κ2) is 11.9. The van der Waals surface area contributed by atoms with Crippen LogP contribution in [0.25, 0.3) is 22.3 Å². The monoisotopic (exact) mass is 696 g/mol. The number of anilines is 2. The lowest BCUT2D eigenvalue weighted by Gasteiger charge is -2.23. The van der Waals surface area contributed by atoms with E-state index in [1.807, 2.05) is 0 Å². The van der Waals surface area contributed by atoms with E-state index in [1.54, 1.807) is 0 Å². The molecule has 0 aliphatic carbocycles. The first-order valence-electron chi connectivity index (χ1n) is 12.9. The summed E-state index contributed by atoms with van der Waals surface area (Å²) in [5, 5.41) is 10.4. The van der Waals surface area contributed by atoms with E-state index in [1.165, 1.54) is 0 Å². The fourth-order valence-corrected chi connectivity index (χ4v) is 6.25. The number of rotatable bonds is 10. The quantitative estimate of drug-likeness (QED) is 0.0934. The van der Waals surface area contributed by atoms with E-state index in [4.69, 9.17) is 39.8 Å². The number of aliphatic hydroxyl groups is 1. The summed E-state index contributed by atoms with van der Waals surface area (Å²) < 4.78 is 82.6. The van der Waals surface area contributed by atoms with Gasteiger partial charge in [-0.1, -0.05) is 0 Å². The number of aromatic amines is 1. The summed E-state index contributed by atoms with van der Waals surface area (Å²) in [7, 11) is -10.4. The van der Waals surface area contributed by atoms with Crippen LogP contribution < -0.4 is 17.0 Å². The zero-order valence-corrected chi connectivity index (χ0v) is 24.5. The normalized spacial score (nSPS) is 30.0. The molecule has 250 valence electrons. The van der Waals surface area contributed by atoms with Crippen molar-refractivity contribution in [2.24, 2.45) is 0 Å². The lowest BCUT2D eigenvalue weighted by Crippen LogP contribution is -2.35. The number of nitrogens with two attached hydrogens (primary N) is 2. The van der Waals surface area contributed by atoms with Crippen LogP contribution in [0.3, 0.4) is 0 Å². The number of aliphatic hydroxyl groups excluding tert-OH is 1. The molecule has 9 atom stereocenters. The average Bonchev–Trinajstić information content (AvgIpc) is 3.73. The fraction of sp³-hybridized carbons (Fsp3) is 0.500. The van der Waals surface area contributed by atoms with Crippen molar-refractivity contribution in [2.45, 2.75) is 49.2 Å². The molecule has 6 rings (SSSR count). The van der Waals surface area contributed by atoms with Gasteiger partial charge in [-0.15, -0.1) is 0 Å². The van der Waals surface area contributed by atoms with Crippen LogP contribution in [0.1, 0.15) is 12.5 Å². The van der Waals surface area contributed by atoms with Crippen LogP contribution in [-0.4, -0.2) is 109 Å². The molecule has 26 heteroatoms. The van der Waals surface area contributed by atoms with E-state index in [0.29, 0.717) is 0 Å². The Kier molecular flexibility index (Phi) is 8.40. The minimum Gasteiger partial charge on any atom is -0.387 e. The maximum atomic E-state index is 15.8. The van der Waals surface area contributed by atoms with E-state index in [9.17, 15) is 23.9 Å². The molecule has 22 nitrogen and oxygen atoms in total. The van der Waals surface area contributed by atoms with Crippen molar-refractivity contribution in [1.29, 1.82) is 0 Å². The Morgan fingerprint density at radius 1 is 0.913 bits per heavy atom. The van der Waals surface area contributed by atoms with Gasteiger partial charge in [0.25, 0.3) is 5.56 Å². The molecule has 0 radical (unpaired) electrons. The number of phosphoric ester groups is 2. The highest BCUT2D eigenvalue weighted by atomic mass is 31.2. The summed E-state index contributed by atoms with van der Waals surface area (Å²) in [5.74, 6) is -0.358. The molecule has 2 saturated heterocycles. The van der Waals surface area contributed by atoms with Gasteiger partial charge in [-0.3, -0.25) is 32.5 Å². The number of phosphoric acid groups is 2. The molecule has 0 aromatic carbocycles. The summed E-state index contributed by atoms with van der Waals surface area (Å²) >= 11 is 0. The Bertz CT molecular complexity index is 1920. The van der Waals surface area contributed by atoms with Gasteiger partial charge >= 0.3 is 15.6 Å². The van der Waals surface area contributed by atoms with E-state index in [-0.39, 0.29) is 34.1 Å². The number of halogens is 2. The number of aromatic nitrogens is 8. The Morgan fingerprint density at radius 2 is 1.54 bits per heavy atom. The second-order valence-corrected chi connectivity index (χ2v) is 12.6. The third kappa shape index (κ3) is 6.12. The van der Waals surface area contributed by atoms with Crippen LogP contribution >= 0.6 is 15.6 Å². The predicted octanol–water partition coefficient (Wildman–Crippen LogP) is -1.43. The number of hydrogen-bond donors (Lipinski definition) is 7. The third-order valence-electron chi connectivity index (χ3n) is 7.01. The van der Waals surface area contributed by atoms with Gasteiger partial charge in [0.2, 0.25) is 5.95 Å². The van der Waals surface area contributed by atoms with Crippen LogP contribution in [-0.2, 0) is 32.2 Å². The smallest absolute Gasteiger partial charge is 0.387 e. The molecule has 0 spiro atoms. The highest BCUT2D eigenvalue weighted by Gasteiger charge is 2.52. The third-order valence-corrected chi connectivity index (χ3v) is 8.48. The van der Waals surface area contributed by atoms with Gasteiger partial charge in [0.1, 0.15) is 36.3 Å². The fourth-order valence-electron chi connectivity index (χ4n) is 4.95. The van der Waals surface area contributed by atoms with Crippen LogP contribution in [0.4, 0.5) is 20.5 Å². The minimum absolute atomic E-state index is 0.00486. The zero-order chi connectivity index (χ0) is 33.1. The van der Waals surface area contributed by atoms with Gasteiger partial charge in [0.15, 0.2) is 47.4 Å². The summed E-state index contributed by atoms with van der Waals surface area (Å²) in [4.78, 5) is 62.4. The van der Waals surface area contributed by atoms with E-state index in [2.05, 4.69) is 34.4 Å². The molecular weight excluding hydrogens is 672 g/mol. The minimum atomic E-state index is -5.32. The maximum Gasteiger partial charge on any atom is 0.472 e. The molecule has 46 heavy (non-hydrogen) atoms. The predicted molar refractivity (Wildman–Crippen MR) is 145 cm³/mol. The second-order valence-electron chi connectivity index (χ2n) is 9.99. The van der Waals surface area contributed by atoms with E-state index in [0.717, 1.165) is 28.1 Å². The Labute approximate surface area is 253 Å². The number of ether oxygens (including phenoxy) is 2. The van der Waals surface area contributed by atoms with Gasteiger partial charge in [0, 0.05) is 0 Å². The van der Waals surface area contributed by atoms with Gasteiger partial charge in [-0.05, 0) is 0 Å². The SMILES string of the molecule is Nc1nc2c(ncn2[C@@H]2O[C@H](COP(=O)(O)O[C@H]3[C@@H](F)[C@H](n4cnc5c(N)ncnc54)O[C@@H]3COP(=O)(O)O)[C@@H](O)[C@H]2F)c(=O)[nH]1. The standard InChI is InChI=1S/C20H24F2N10O12P2/c21-8-12(33)6(42-18(8)32-5-28-11-16(32)29-20(24)30-17(11)34)1-41-46(38,39)44-13-7(2-40-45(35,36)37)43-19(9(13)22)31-4-27-10-14(23)25-3-26-15(10)31/h3-9,12-13,18-19,33H,1-2H2,(H,38,39)(H2,23,25,26)(H2,35,36,37)(H3,24,29,30,34)/t6-,7-,8-,9-,12-,13-,18-,19-/m1/s1. The highest BCUT2D eigenvalue weighted by Crippen LogP contribution is 2.51. The zero-order valence-electron chi connectivity index (χ0n) is 22.8. The van der Waals surface area contributed by atoms with Gasteiger partial charge in [0.05, 0.1) is 25.9 Å². The molecule has 0 bridgehead atoms. The number of hydrogen-bond acceptors (Lipinski definition) is 16. The number of alkyl halides is 2. The Morgan fingerprint density at radius 3 is 2.26 bits per heavy atom. The topological polar surface area (TPSA) is 320 Å². The maximum absolute atomic E-state index is 15.8. The molecule has 2 aliphatic rings. The molecule has 2 aliphatic heterocycles. The van der Waals surface area contributed by atoms with Crippen LogP contribution in [0.2, 0.25) is 0 Å². The van der Waals surface area contributed by atoms with Gasteiger partial charge in [-0.2, -0.15) is 4.98 Å². The first-order valence-corrected chi connectivity index (χ1v) is 15.9. The summed E-state index contributed by atoms with van der Waals surface area (Å²) in [6.07, 6.45) is -12.0. The molecule has 4 aromatic rings. The number of fused-ring (bicyclic) bond motifs is 2. The number of nitrogens with zero attached hydrogens (tertiary/aromatic N) is 7. The Hall–Kier alpha value is -3.54. The summed E-state index contributed by atoms with van der Waals surface area (Å²) in [5.41, 5.74) is 10.3. The van der Waals surface area contributed by atoms with E-state index < -0.39 is 83.6 Å². The Balaban J connectivity index is 1.18. The number of H-pyrrole nitrogens is 1. The average molecular weight is 696 g/mol. The van der Waals surface area contributed by atoms with Crippen molar-refractivity contribution in [3.05, 3.63) is 29.3 Å². The molecule has 2 fully saturated rings. The van der Waals surface area contributed by atoms with Crippen LogP contribution in [0.15, 0.2) is 23.8 Å². The van der Waals surface area contributed by atoms with Crippen molar-refractivity contribution in [2.75, 3.05) is 24.7 Å². The van der Waals surface area contributed by atoms with Crippen molar-refractivity contribution in [1.82, 2.24) is 39.0 Å². The molecular formula is C20H24F2N10O12P2. The first kappa shape index (κ1) is 32.4. The molecule has 9 N–H and O–H groups in total. The lowest BCUT2D eigenvalue weighted by atomic mass is 10.1. The van der Waals surface area contributed by atoms with Crippen LogP contribution in [0, 0.1) is 0 Å². The molecule has 0 amide bonds. The van der Waals surface area contributed by atoms with Gasteiger partial charge < -0.3 is 40.7 Å². The van der Waals surface area contributed by atoms with E-state index >= 15 is 8.78 Å². The highest BCUT2D eigenvalue weighted by molar-refractivity contribution is 7.47. The molecule has 6 heterocycles. The van der Waals surface area contributed by atoms with Gasteiger partial charge in [-0.25, -0.2) is 37.8 Å². The molecule has 0 saturated carbocycles. The largest absolute Gasteiger partial charge is 0.472 e. The lowest BCUT2D eigenvalue weighted by molar-refractivity contribution is -0.0559. The number of imidazole rings is 2. The first-order chi connectivity index (χ1) is 21.6. The van der Waals surface area contributed by atoms with Crippen LogP contribution in [0.5, 0.6) is 0 Å². The summed E-state index contributed by atoms with van der Waals surface area (Å²) in [6, 6.07) is 0. The molecule has 1 unspecified atom stereocenters. The number of nitrogens with one attached hydrogen (secondary N) is 1. The van der Waals surface area contributed by atoms with Crippen molar-refractivity contribution >= 4 is 49.7 Å². The van der Waals surface area contributed by atoms with Crippen molar-refractivity contribution < 1.29 is 60.7 Å². The molecule has 4 aromatic heterocycles.